The van der Waals surface area contributed by atoms with Crippen molar-refractivity contribution in [3.63, 3.8) is 0 Å². The molecule has 0 spiro atoms. The number of hydrogen-bond donors (Lipinski definition) is 0. The van der Waals surface area contributed by atoms with Crippen LogP contribution in [0, 0.1) is 0 Å². The van der Waals surface area contributed by atoms with Crippen molar-refractivity contribution in [1.29, 1.82) is 0 Å². The Morgan fingerprint density at radius 3 is 2.18 bits per heavy atom. The molecule has 0 radical (unpaired) electrons. The second-order valence-corrected chi connectivity index (χ2v) is 4.80. The third-order valence-electron chi connectivity index (χ3n) is 3.55. The van der Waals surface area contributed by atoms with Crippen LogP contribution < -0.4 is 9.47 Å². The summed E-state index contributed by atoms with van der Waals surface area (Å²) in [6, 6.07) is 20.0. The van der Waals surface area contributed by atoms with E-state index in [0.29, 0.717) is 5.75 Å². The quantitative estimate of drug-likeness (QED) is 0.712. The molecule has 0 saturated heterocycles. The van der Waals surface area contributed by atoms with Gasteiger partial charge in [0.1, 0.15) is 0 Å². The summed E-state index contributed by atoms with van der Waals surface area (Å²) in [5.41, 5.74) is 3.98. The second kappa shape index (κ2) is 6.31. The Balaban J connectivity index is 2.31. The summed E-state index contributed by atoms with van der Waals surface area (Å²) in [6.45, 7) is 0. The number of methoxy groups -OCH3 is 2. The first-order valence-corrected chi connectivity index (χ1v) is 7.07. The van der Waals surface area contributed by atoms with Crippen LogP contribution in [0.3, 0.4) is 0 Å². The van der Waals surface area contributed by atoms with Crippen molar-refractivity contribution in [3.8, 4) is 33.9 Å². The zero-order valence-electron chi connectivity index (χ0n) is 12.6. The molecule has 0 aliphatic heterocycles. The van der Waals surface area contributed by atoms with Gasteiger partial charge in [-0.3, -0.25) is 4.98 Å². The van der Waals surface area contributed by atoms with Crippen molar-refractivity contribution in [3.05, 3.63) is 66.9 Å². The first-order valence-electron chi connectivity index (χ1n) is 7.07. The van der Waals surface area contributed by atoms with Gasteiger partial charge in [-0.2, -0.15) is 0 Å². The maximum atomic E-state index is 5.63. The standard InChI is InChI=1S/C19H17NO2/c1-21-17-12-11-15(16-10-6-7-13-20-16)18(19(17)22-2)14-8-4-3-5-9-14/h3-13H,1-2H3. The Kier molecular flexibility index (Phi) is 4.05. The molecule has 0 unspecified atom stereocenters. The number of hydrogen-bond acceptors (Lipinski definition) is 3. The van der Waals surface area contributed by atoms with Crippen LogP contribution in [-0.2, 0) is 0 Å². The summed E-state index contributed by atoms with van der Waals surface area (Å²) in [5, 5.41) is 0. The Morgan fingerprint density at radius 1 is 0.773 bits per heavy atom. The predicted molar refractivity (Wildman–Crippen MR) is 88.2 cm³/mol. The molecule has 0 fully saturated rings. The number of pyridine rings is 1. The average molecular weight is 291 g/mol. The van der Waals surface area contributed by atoms with Crippen LogP contribution in [0.4, 0.5) is 0 Å². The van der Waals surface area contributed by atoms with Gasteiger partial charge in [-0.15, -0.1) is 0 Å². The Labute approximate surface area is 130 Å². The highest BCUT2D eigenvalue weighted by atomic mass is 16.5. The minimum Gasteiger partial charge on any atom is -0.493 e. The molecule has 3 heteroatoms. The summed E-state index contributed by atoms with van der Waals surface area (Å²) in [7, 11) is 3.31. The van der Waals surface area contributed by atoms with Crippen molar-refractivity contribution in [2.45, 2.75) is 0 Å². The van der Waals surface area contributed by atoms with Gasteiger partial charge in [0.15, 0.2) is 11.5 Å². The van der Waals surface area contributed by atoms with Gasteiger partial charge in [0.05, 0.1) is 19.9 Å². The Hall–Kier alpha value is -2.81. The topological polar surface area (TPSA) is 31.4 Å². The lowest BCUT2D eigenvalue weighted by atomic mass is 9.95. The lowest BCUT2D eigenvalue weighted by Gasteiger charge is -2.17. The van der Waals surface area contributed by atoms with Gasteiger partial charge in [-0.25, -0.2) is 0 Å². The van der Waals surface area contributed by atoms with Gasteiger partial charge in [0.25, 0.3) is 0 Å². The number of benzene rings is 2. The van der Waals surface area contributed by atoms with E-state index in [1.807, 2.05) is 48.5 Å². The van der Waals surface area contributed by atoms with Gasteiger partial charge < -0.3 is 9.47 Å². The molecule has 110 valence electrons. The normalized spacial score (nSPS) is 10.3. The molecule has 3 nitrogen and oxygen atoms in total. The van der Waals surface area contributed by atoms with Gasteiger partial charge in [0, 0.05) is 17.3 Å². The van der Waals surface area contributed by atoms with E-state index in [9.17, 15) is 0 Å². The number of ether oxygens (including phenoxy) is 2. The fourth-order valence-corrected chi connectivity index (χ4v) is 2.55. The van der Waals surface area contributed by atoms with Crippen LogP contribution in [0.2, 0.25) is 0 Å². The predicted octanol–water partition coefficient (Wildman–Crippen LogP) is 4.43. The Bertz CT molecular complexity index is 755. The highest BCUT2D eigenvalue weighted by Crippen LogP contribution is 2.44. The fourth-order valence-electron chi connectivity index (χ4n) is 2.55. The maximum absolute atomic E-state index is 5.63. The fraction of sp³-hybridized carbons (Fsp3) is 0.105. The summed E-state index contributed by atoms with van der Waals surface area (Å²) in [5.74, 6) is 1.43. The molecule has 2 aromatic carbocycles. The first kappa shape index (κ1) is 14.1. The molecule has 3 rings (SSSR count). The summed E-state index contributed by atoms with van der Waals surface area (Å²) in [4.78, 5) is 4.47. The molecule has 0 aliphatic carbocycles. The van der Waals surface area contributed by atoms with Crippen molar-refractivity contribution >= 4 is 0 Å². The van der Waals surface area contributed by atoms with Gasteiger partial charge in [-0.05, 0) is 29.8 Å². The molecule has 22 heavy (non-hydrogen) atoms. The SMILES string of the molecule is COc1ccc(-c2ccccn2)c(-c2ccccc2)c1OC. The molecule has 0 N–H and O–H groups in total. The van der Waals surface area contributed by atoms with E-state index in [1.54, 1.807) is 20.4 Å². The lowest BCUT2D eigenvalue weighted by molar-refractivity contribution is 0.356. The van der Waals surface area contributed by atoms with E-state index in [-0.39, 0.29) is 0 Å². The monoisotopic (exact) mass is 291 g/mol. The van der Waals surface area contributed by atoms with E-state index < -0.39 is 0 Å². The van der Waals surface area contributed by atoms with Crippen LogP contribution in [0.15, 0.2) is 66.9 Å². The molecular weight excluding hydrogens is 274 g/mol. The molecule has 0 atom stereocenters. The second-order valence-electron chi connectivity index (χ2n) is 4.80. The van der Waals surface area contributed by atoms with Crippen molar-refractivity contribution in [2.75, 3.05) is 14.2 Å². The van der Waals surface area contributed by atoms with Crippen LogP contribution in [0.5, 0.6) is 11.5 Å². The maximum Gasteiger partial charge on any atom is 0.169 e. The minimum absolute atomic E-state index is 0.709. The van der Waals surface area contributed by atoms with E-state index >= 15 is 0 Å². The lowest BCUT2D eigenvalue weighted by Crippen LogP contribution is -1.96. The van der Waals surface area contributed by atoms with Gasteiger partial charge in [-0.1, -0.05) is 36.4 Å². The number of rotatable bonds is 4. The van der Waals surface area contributed by atoms with Crippen molar-refractivity contribution in [1.82, 2.24) is 4.98 Å². The van der Waals surface area contributed by atoms with E-state index in [1.165, 1.54) is 0 Å². The molecule has 0 bridgehead atoms. The van der Waals surface area contributed by atoms with Crippen LogP contribution in [-0.4, -0.2) is 19.2 Å². The largest absolute Gasteiger partial charge is 0.493 e. The smallest absolute Gasteiger partial charge is 0.169 e. The molecule has 1 heterocycles. The number of aromatic nitrogens is 1. The summed E-state index contributed by atoms with van der Waals surface area (Å²) >= 11 is 0. The highest BCUT2D eigenvalue weighted by molar-refractivity contribution is 5.88. The third kappa shape index (κ3) is 2.53. The molecular formula is C19H17NO2. The van der Waals surface area contributed by atoms with Gasteiger partial charge in [0.2, 0.25) is 0 Å². The van der Waals surface area contributed by atoms with E-state index in [0.717, 1.165) is 28.1 Å². The summed E-state index contributed by atoms with van der Waals surface area (Å²) < 4.78 is 11.1. The van der Waals surface area contributed by atoms with Crippen LogP contribution >= 0.6 is 0 Å². The first-order chi connectivity index (χ1) is 10.8. The average Bonchev–Trinajstić information content (AvgIpc) is 2.61. The van der Waals surface area contributed by atoms with E-state index in [2.05, 4.69) is 17.1 Å². The van der Waals surface area contributed by atoms with E-state index in [4.69, 9.17) is 9.47 Å². The highest BCUT2D eigenvalue weighted by Gasteiger charge is 2.18. The third-order valence-corrected chi connectivity index (χ3v) is 3.55. The number of nitrogens with zero attached hydrogens (tertiary/aromatic N) is 1. The molecule has 1 aromatic heterocycles. The zero-order chi connectivity index (χ0) is 15.4. The molecule has 0 aliphatic rings. The van der Waals surface area contributed by atoms with Crippen molar-refractivity contribution < 1.29 is 9.47 Å². The van der Waals surface area contributed by atoms with Gasteiger partial charge >= 0.3 is 0 Å². The Morgan fingerprint density at radius 2 is 1.55 bits per heavy atom. The van der Waals surface area contributed by atoms with Crippen LogP contribution in [0.25, 0.3) is 22.4 Å². The van der Waals surface area contributed by atoms with Crippen LogP contribution in [0.1, 0.15) is 0 Å². The molecule has 0 amide bonds. The zero-order valence-corrected chi connectivity index (χ0v) is 12.6. The van der Waals surface area contributed by atoms with Crippen molar-refractivity contribution in [2.24, 2.45) is 0 Å². The summed E-state index contributed by atoms with van der Waals surface area (Å²) in [6.07, 6.45) is 1.79. The molecule has 0 saturated carbocycles. The molecule has 3 aromatic rings. The minimum atomic E-state index is 0.709.